The van der Waals surface area contributed by atoms with Gasteiger partial charge in [-0.25, -0.2) is 4.39 Å². The Hall–Kier alpha value is -3.77. The first-order chi connectivity index (χ1) is 16.8. The summed E-state index contributed by atoms with van der Waals surface area (Å²) in [5.41, 5.74) is 3.18. The number of anilines is 1. The lowest BCUT2D eigenvalue weighted by Crippen LogP contribution is -2.31. The molecule has 0 bridgehead atoms. The molecule has 0 aliphatic heterocycles. The van der Waals surface area contributed by atoms with Gasteiger partial charge in [0.1, 0.15) is 17.3 Å². The summed E-state index contributed by atoms with van der Waals surface area (Å²) in [6.45, 7) is 1.41. The summed E-state index contributed by atoms with van der Waals surface area (Å²) in [5.74, 6) is -2.00. The summed E-state index contributed by atoms with van der Waals surface area (Å²) in [5, 5.41) is 3.23. The van der Waals surface area contributed by atoms with Gasteiger partial charge in [-0.2, -0.15) is 0 Å². The van der Waals surface area contributed by atoms with Gasteiger partial charge in [0.15, 0.2) is 5.78 Å². The van der Waals surface area contributed by atoms with Gasteiger partial charge in [0.05, 0.1) is 18.6 Å². The molecular weight excluding hydrogens is 469 g/mol. The van der Waals surface area contributed by atoms with Crippen LogP contribution in [0.25, 0.3) is 5.57 Å². The van der Waals surface area contributed by atoms with E-state index in [4.69, 9.17) is 16.3 Å². The zero-order valence-electron chi connectivity index (χ0n) is 19.2. The van der Waals surface area contributed by atoms with E-state index in [1.54, 1.807) is 48.5 Å². The third-order valence-corrected chi connectivity index (χ3v) is 6.36. The Kier molecular flexibility index (Phi) is 7.12. The van der Waals surface area contributed by atoms with E-state index in [0.717, 1.165) is 16.7 Å². The van der Waals surface area contributed by atoms with Crippen LogP contribution in [0.4, 0.5) is 10.1 Å². The Morgan fingerprint density at radius 2 is 1.71 bits per heavy atom. The fourth-order valence-corrected chi connectivity index (χ4v) is 4.57. The number of carbonyl (C=O) groups excluding carboxylic acids is 3. The SMILES string of the molecule is COc1ccc(Cl)cc1C(=O)Nc1ccc(C2=CC(=O)C(C(C)=O)C(c3ccc(F)cc3)C2)cc1. The molecule has 35 heavy (non-hydrogen) atoms. The van der Waals surface area contributed by atoms with Gasteiger partial charge < -0.3 is 10.1 Å². The zero-order valence-corrected chi connectivity index (χ0v) is 19.9. The van der Waals surface area contributed by atoms with Crippen LogP contribution in [0.2, 0.25) is 5.02 Å². The summed E-state index contributed by atoms with van der Waals surface area (Å²) in [6.07, 6.45) is 1.96. The minimum absolute atomic E-state index is 0.214. The van der Waals surface area contributed by atoms with E-state index < -0.39 is 5.92 Å². The maximum atomic E-state index is 13.4. The number of hydrogen-bond acceptors (Lipinski definition) is 4. The molecule has 0 heterocycles. The van der Waals surface area contributed by atoms with Crippen molar-refractivity contribution in [2.24, 2.45) is 5.92 Å². The Balaban J connectivity index is 1.56. The van der Waals surface area contributed by atoms with Gasteiger partial charge in [-0.3, -0.25) is 14.4 Å². The number of nitrogens with one attached hydrogen (secondary N) is 1. The van der Waals surface area contributed by atoms with E-state index >= 15 is 0 Å². The molecule has 2 unspecified atom stereocenters. The lowest BCUT2D eigenvalue weighted by Gasteiger charge is -2.29. The number of rotatable bonds is 6. The Labute approximate surface area is 207 Å². The summed E-state index contributed by atoms with van der Waals surface area (Å²) < 4.78 is 18.7. The molecule has 1 amide bonds. The average molecular weight is 492 g/mol. The summed E-state index contributed by atoms with van der Waals surface area (Å²) in [6, 6.07) is 17.8. The van der Waals surface area contributed by atoms with Crippen molar-refractivity contribution in [3.63, 3.8) is 0 Å². The first-order valence-electron chi connectivity index (χ1n) is 11.0. The molecule has 3 aromatic rings. The van der Waals surface area contributed by atoms with Crippen LogP contribution in [0.3, 0.4) is 0 Å². The minimum atomic E-state index is -0.796. The number of benzene rings is 3. The number of halogens is 2. The van der Waals surface area contributed by atoms with Crippen LogP contribution in [-0.2, 0) is 9.59 Å². The van der Waals surface area contributed by atoms with E-state index in [2.05, 4.69) is 5.32 Å². The van der Waals surface area contributed by atoms with Gasteiger partial charge in [0.2, 0.25) is 0 Å². The predicted octanol–water partition coefficient (Wildman–Crippen LogP) is 6.09. The number of ether oxygens (including phenoxy) is 1. The molecule has 5 nitrogen and oxygen atoms in total. The fraction of sp³-hybridized carbons (Fsp3) is 0.179. The molecule has 0 radical (unpaired) electrons. The Morgan fingerprint density at radius 3 is 2.34 bits per heavy atom. The molecule has 1 N–H and O–H groups in total. The maximum Gasteiger partial charge on any atom is 0.259 e. The molecule has 7 heteroatoms. The van der Waals surface area contributed by atoms with Crippen LogP contribution in [0.5, 0.6) is 5.75 Å². The molecule has 1 aliphatic rings. The Bertz CT molecular complexity index is 1320. The third-order valence-electron chi connectivity index (χ3n) is 6.12. The van der Waals surface area contributed by atoms with Crippen LogP contribution in [0, 0.1) is 11.7 Å². The summed E-state index contributed by atoms with van der Waals surface area (Å²) >= 11 is 6.02. The quantitative estimate of drug-likeness (QED) is 0.424. The highest BCUT2D eigenvalue weighted by Crippen LogP contribution is 2.40. The van der Waals surface area contributed by atoms with E-state index in [9.17, 15) is 18.8 Å². The molecule has 2 atom stereocenters. The number of amides is 1. The highest BCUT2D eigenvalue weighted by atomic mass is 35.5. The molecule has 4 rings (SSSR count). The lowest BCUT2D eigenvalue weighted by molar-refractivity contribution is -0.130. The molecule has 0 saturated heterocycles. The van der Waals surface area contributed by atoms with Crippen molar-refractivity contribution >= 4 is 40.3 Å². The predicted molar refractivity (Wildman–Crippen MR) is 133 cm³/mol. The lowest BCUT2D eigenvalue weighted by atomic mass is 9.72. The molecule has 3 aromatic carbocycles. The molecule has 1 aliphatic carbocycles. The van der Waals surface area contributed by atoms with Crippen LogP contribution in [0.15, 0.2) is 72.8 Å². The van der Waals surface area contributed by atoms with Gasteiger partial charge in [-0.15, -0.1) is 0 Å². The van der Waals surface area contributed by atoms with Crippen LogP contribution in [-0.4, -0.2) is 24.6 Å². The number of hydrogen-bond donors (Lipinski definition) is 1. The molecule has 0 spiro atoms. The number of allylic oxidation sites excluding steroid dienone is 2. The van der Waals surface area contributed by atoms with E-state index in [0.29, 0.717) is 28.4 Å². The van der Waals surface area contributed by atoms with Crippen molar-refractivity contribution in [3.05, 3.63) is 100 Å². The second-order valence-corrected chi connectivity index (χ2v) is 8.83. The van der Waals surface area contributed by atoms with Gasteiger partial charge in [0, 0.05) is 16.6 Å². The van der Waals surface area contributed by atoms with Crippen LogP contribution in [0.1, 0.15) is 40.7 Å². The average Bonchev–Trinajstić information content (AvgIpc) is 2.84. The van der Waals surface area contributed by atoms with E-state index in [-0.39, 0.29) is 29.2 Å². The number of Topliss-reactive ketones (excluding diaryl/α,β-unsaturated/α-hetero) is 1. The summed E-state index contributed by atoms with van der Waals surface area (Å²) in [7, 11) is 1.48. The zero-order chi connectivity index (χ0) is 25.1. The maximum absolute atomic E-state index is 13.4. The van der Waals surface area contributed by atoms with Gasteiger partial charge >= 0.3 is 0 Å². The highest BCUT2D eigenvalue weighted by Gasteiger charge is 2.36. The largest absolute Gasteiger partial charge is 0.496 e. The van der Waals surface area contributed by atoms with Gasteiger partial charge in [-0.05, 0) is 78.6 Å². The van der Waals surface area contributed by atoms with Crippen molar-refractivity contribution in [1.82, 2.24) is 0 Å². The first kappa shape index (κ1) is 24.4. The fourth-order valence-electron chi connectivity index (χ4n) is 4.40. The van der Waals surface area contributed by atoms with Crippen molar-refractivity contribution in [3.8, 4) is 5.75 Å². The van der Waals surface area contributed by atoms with Crippen molar-refractivity contribution in [2.75, 3.05) is 12.4 Å². The van der Waals surface area contributed by atoms with Gasteiger partial charge in [-0.1, -0.05) is 35.9 Å². The van der Waals surface area contributed by atoms with E-state index in [1.807, 2.05) is 0 Å². The smallest absolute Gasteiger partial charge is 0.259 e. The number of ketones is 2. The molecule has 0 fully saturated rings. The Morgan fingerprint density at radius 1 is 1.03 bits per heavy atom. The molecular formula is C28H23ClFNO4. The summed E-state index contributed by atoms with van der Waals surface area (Å²) in [4.78, 5) is 37.9. The number of carbonyl (C=O) groups is 3. The monoisotopic (exact) mass is 491 g/mol. The van der Waals surface area contributed by atoms with Crippen LogP contribution >= 0.6 is 11.6 Å². The van der Waals surface area contributed by atoms with E-state index in [1.165, 1.54) is 38.3 Å². The topological polar surface area (TPSA) is 72.5 Å². The number of methoxy groups -OCH3 is 1. The van der Waals surface area contributed by atoms with Crippen molar-refractivity contribution in [2.45, 2.75) is 19.3 Å². The second-order valence-electron chi connectivity index (χ2n) is 8.40. The van der Waals surface area contributed by atoms with Crippen molar-refractivity contribution in [1.29, 1.82) is 0 Å². The van der Waals surface area contributed by atoms with Crippen LogP contribution < -0.4 is 10.1 Å². The van der Waals surface area contributed by atoms with Crippen molar-refractivity contribution < 1.29 is 23.5 Å². The normalized spacial score (nSPS) is 17.5. The first-order valence-corrected chi connectivity index (χ1v) is 11.4. The molecule has 0 aromatic heterocycles. The molecule has 178 valence electrons. The standard InChI is InChI=1S/C28H23ClFNO4/c1-16(32)27-23(18-3-8-21(30)9-4-18)13-19(14-25(27)33)17-5-10-22(11-6-17)31-28(34)24-15-20(29)7-12-26(24)35-2/h3-12,14-15,23,27H,13H2,1-2H3,(H,31,34). The van der Waals surface area contributed by atoms with Gasteiger partial charge in [0.25, 0.3) is 5.91 Å². The molecule has 0 saturated carbocycles. The minimum Gasteiger partial charge on any atom is -0.496 e. The highest BCUT2D eigenvalue weighted by molar-refractivity contribution is 6.31. The second kappa shape index (κ2) is 10.2. The third kappa shape index (κ3) is 5.33.